The van der Waals surface area contributed by atoms with Crippen LogP contribution in [0.4, 0.5) is 0 Å². The Morgan fingerprint density at radius 2 is 1.09 bits per heavy atom. The highest BCUT2D eigenvalue weighted by Gasteiger charge is 2.19. The number of carbonyl (C=O) groups is 4. The summed E-state index contributed by atoms with van der Waals surface area (Å²) in [5.41, 5.74) is 0. The normalized spacial score (nSPS) is 11.1. The Bertz CT molecular complexity index is 412. The molecular formula is C11H20N4O8. The molecule has 0 fully saturated rings. The fraction of sp³-hybridized carbons (Fsp3) is 0.636. The van der Waals surface area contributed by atoms with Crippen LogP contribution in [-0.4, -0.2) is 98.6 Å². The second-order valence-corrected chi connectivity index (χ2v) is 4.62. The van der Waals surface area contributed by atoms with E-state index in [9.17, 15) is 19.2 Å². The minimum absolute atomic E-state index is 0.0241. The quantitative estimate of drug-likeness (QED) is 0.175. The van der Waals surface area contributed by atoms with Crippen LogP contribution in [0.25, 0.3) is 0 Å². The standard InChI is InChI=1S/C11H20N4O8/c12-15(14(6-10(20)21)7-11(22)23)3-1-2-13(4-8(16)17)5-9(18)19/h1-7,12H2,(H,16,17)(H,18,19)(H,20,21)(H,22,23). The maximum atomic E-state index is 10.7. The Morgan fingerprint density at radius 3 is 1.43 bits per heavy atom. The van der Waals surface area contributed by atoms with E-state index in [2.05, 4.69) is 0 Å². The van der Waals surface area contributed by atoms with Crippen molar-refractivity contribution in [3.63, 3.8) is 0 Å². The van der Waals surface area contributed by atoms with Gasteiger partial charge in [0.15, 0.2) is 0 Å². The summed E-state index contributed by atoms with van der Waals surface area (Å²) in [4.78, 5) is 43.8. The molecule has 0 bridgehead atoms. The highest BCUT2D eigenvalue weighted by Crippen LogP contribution is 1.98. The summed E-state index contributed by atoms with van der Waals surface area (Å²) >= 11 is 0. The monoisotopic (exact) mass is 336 g/mol. The maximum absolute atomic E-state index is 10.7. The summed E-state index contributed by atoms with van der Waals surface area (Å²) in [5.74, 6) is 0.685. The molecular weight excluding hydrogens is 316 g/mol. The summed E-state index contributed by atoms with van der Waals surface area (Å²) in [6.45, 7) is -2.06. The number of carboxylic acids is 4. The van der Waals surface area contributed by atoms with Crippen molar-refractivity contribution in [2.75, 3.05) is 39.3 Å². The molecule has 0 unspecified atom stereocenters. The van der Waals surface area contributed by atoms with E-state index in [1.54, 1.807) is 0 Å². The summed E-state index contributed by atoms with van der Waals surface area (Å²) < 4.78 is 0. The lowest BCUT2D eigenvalue weighted by Crippen LogP contribution is -2.52. The topological polar surface area (TPSA) is 185 Å². The van der Waals surface area contributed by atoms with Crippen molar-refractivity contribution in [2.24, 2.45) is 5.84 Å². The number of nitrogens with zero attached hydrogens (tertiary/aromatic N) is 3. The summed E-state index contributed by atoms with van der Waals surface area (Å²) in [7, 11) is 0. The van der Waals surface area contributed by atoms with Crippen LogP contribution in [0.15, 0.2) is 0 Å². The number of hydrogen-bond donors (Lipinski definition) is 5. The third kappa shape index (κ3) is 11.0. The third-order valence-electron chi connectivity index (χ3n) is 2.58. The van der Waals surface area contributed by atoms with Gasteiger partial charge in [-0.25, -0.2) is 5.01 Å². The molecule has 0 aliphatic rings. The molecule has 12 nitrogen and oxygen atoms in total. The molecule has 0 aromatic carbocycles. The number of hydrazine groups is 2. The van der Waals surface area contributed by atoms with Crippen LogP contribution >= 0.6 is 0 Å². The SMILES string of the molecule is NN(CCCN(CC(=O)O)CC(=O)O)N(CC(=O)O)CC(=O)O. The summed E-state index contributed by atoms with van der Waals surface area (Å²) in [6.07, 6.45) is 0.215. The smallest absolute Gasteiger partial charge is 0.319 e. The van der Waals surface area contributed by atoms with E-state index in [-0.39, 0.29) is 19.5 Å². The molecule has 0 aromatic heterocycles. The van der Waals surface area contributed by atoms with Crippen LogP contribution in [0.2, 0.25) is 0 Å². The molecule has 132 valence electrons. The van der Waals surface area contributed by atoms with E-state index in [1.807, 2.05) is 0 Å². The molecule has 0 aromatic rings. The van der Waals surface area contributed by atoms with Crippen LogP contribution in [-0.2, 0) is 19.2 Å². The second-order valence-electron chi connectivity index (χ2n) is 4.62. The number of nitrogens with two attached hydrogens (primary N) is 1. The average molecular weight is 336 g/mol. The van der Waals surface area contributed by atoms with Gasteiger partial charge in [-0.15, -0.1) is 0 Å². The highest BCUT2D eigenvalue weighted by atomic mass is 16.4. The molecule has 0 aliphatic carbocycles. The van der Waals surface area contributed by atoms with Gasteiger partial charge in [0.25, 0.3) is 0 Å². The molecule has 6 N–H and O–H groups in total. The van der Waals surface area contributed by atoms with Gasteiger partial charge in [0, 0.05) is 13.1 Å². The maximum Gasteiger partial charge on any atom is 0.319 e. The molecule has 12 heteroatoms. The van der Waals surface area contributed by atoms with Gasteiger partial charge in [-0.2, -0.15) is 5.12 Å². The number of rotatable bonds is 13. The fourth-order valence-corrected chi connectivity index (χ4v) is 1.74. The van der Waals surface area contributed by atoms with Gasteiger partial charge in [-0.3, -0.25) is 29.9 Å². The molecule has 0 atom stereocenters. The number of carboxylic acid groups (broad SMARTS) is 4. The van der Waals surface area contributed by atoms with Crippen molar-refractivity contribution in [1.82, 2.24) is 15.0 Å². The Hall–Kier alpha value is -2.28. The highest BCUT2D eigenvalue weighted by molar-refractivity contribution is 5.73. The van der Waals surface area contributed by atoms with Crippen molar-refractivity contribution in [3.8, 4) is 0 Å². The lowest BCUT2D eigenvalue weighted by molar-refractivity contribution is -0.152. The van der Waals surface area contributed by atoms with Crippen molar-refractivity contribution in [3.05, 3.63) is 0 Å². The molecule has 0 saturated heterocycles. The minimum Gasteiger partial charge on any atom is -0.480 e. The van der Waals surface area contributed by atoms with Crippen LogP contribution in [0, 0.1) is 0 Å². The molecule has 0 aliphatic heterocycles. The molecule has 0 amide bonds. The van der Waals surface area contributed by atoms with E-state index in [0.717, 1.165) is 15.0 Å². The molecule has 0 radical (unpaired) electrons. The molecule has 0 saturated carbocycles. The van der Waals surface area contributed by atoms with Gasteiger partial charge in [-0.1, -0.05) is 0 Å². The zero-order chi connectivity index (χ0) is 18.0. The van der Waals surface area contributed by atoms with Gasteiger partial charge in [0.1, 0.15) is 13.1 Å². The number of aliphatic carboxylic acids is 4. The third-order valence-corrected chi connectivity index (χ3v) is 2.58. The first-order valence-electron chi connectivity index (χ1n) is 6.48. The minimum atomic E-state index is -1.26. The number of hydrogen-bond acceptors (Lipinski definition) is 8. The first-order valence-corrected chi connectivity index (χ1v) is 6.48. The van der Waals surface area contributed by atoms with Gasteiger partial charge in [0.05, 0.1) is 13.1 Å². The first-order chi connectivity index (χ1) is 10.6. The van der Waals surface area contributed by atoms with Crippen molar-refractivity contribution >= 4 is 23.9 Å². The van der Waals surface area contributed by atoms with Gasteiger partial charge >= 0.3 is 23.9 Å². The first kappa shape index (κ1) is 20.7. The largest absolute Gasteiger partial charge is 0.480 e. The second kappa shape index (κ2) is 10.4. The van der Waals surface area contributed by atoms with E-state index in [4.69, 9.17) is 26.3 Å². The van der Waals surface area contributed by atoms with Crippen molar-refractivity contribution < 1.29 is 39.6 Å². The van der Waals surface area contributed by atoms with Gasteiger partial charge in [-0.05, 0) is 6.42 Å². The lowest BCUT2D eigenvalue weighted by Gasteiger charge is -2.29. The van der Waals surface area contributed by atoms with Crippen molar-refractivity contribution in [1.29, 1.82) is 0 Å². The predicted molar refractivity (Wildman–Crippen MR) is 74.1 cm³/mol. The molecule has 0 spiro atoms. The lowest BCUT2D eigenvalue weighted by atomic mass is 10.3. The van der Waals surface area contributed by atoms with Crippen molar-refractivity contribution in [2.45, 2.75) is 6.42 Å². The zero-order valence-corrected chi connectivity index (χ0v) is 12.3. The summed E-state index contributed by atoms with van der Waals surface area (Å²) in [6, 6.07) is 0. The van der Waals surface area contributed by atoms with Crippen LogP contribution in [0.3, 0.4) is 0 Å². The Balaban J connectivity index is 4.46. The van der Waals surface area contributed by atoms with E-state index < -0.39 is 50.1 Å². The zero-order valence-electron chi connectivity index (χ0n) is 12.3. The van der Waals surface area contributed by atoms with E-state index in [0.29, 0.717) is 0 Å². The Morgan fingerprint density at radius 1 is 0.696 bits per heavy atom. The Kier molecular flexibility index (Phi) is 9.41. The van der Waals surface area contributed by atoms with Gasteiger partial charge in [0.2, 0.25) is 0 Å². The predicted octanol–water partition coefficient (Wildman–Crippen LogP) is -2.59. The van der Waals surface area contributed by atoms with Crippen LogP contribution in [0.1, 0.15) is 6.42 Å². The molecule has 0 rings (SSSR count). The molecule has 23 heavy (non-hydrogen) atoms. The van der Waals surface area contributed by atoms with E-state index >= 15 is 0 Å². The van der Waals surface area contributed by atoms with Crippen LogP contribution < -0.4 is 5.84 Å². The summed E-state index contributed by atoms with van der Waals surface area (Å²) in [5, 5.41) is 36.6. The fourth-order valence-electron chi connectivity index (χ4n) is 1.74. The van der Waals surface area contributed by atoms with Crippen LogP contribution in [0.5, 0.6) is 0 Å². The Labute approximate surface area is 131 Å². The van der Waals surface area contributed by atoms with Gasteiger partial charge < -0.3 is 20.4 Å². The molecule has 0 heterocycles. The van der Waals surface area contributed by atoms with E-state index in [1.165, 1.54) is 0 Å². The average Bonchev–Trinajstić information content (AvgIpc) is 2.34.